The second-order valence-electron chi connectivity index (χ2n) is 9.61. The quantitative estimate of drug-likeness (QED) is 0.245. The van der Waals surface area contributed by atoms with Crippen molar-refractivity contribution in [3.8, 4) is 11.5 Å². The largest absolute Gasteiger partial charge is 0.467 e. The van der Waals surface area contributed by atoms with E-state index in [0.717, 1.165) is 6.07 Å². The molecule has 1 aliphatic rings. The Hall–Kier alpha value is -4.62. The van der Waals surface area contributed by atoms with Crippen LogP contribution in [0.3, 0.4) is 0 Å². The number of furan rings is 1. The molecule has 3 aromatic carbocycles. The second-order valence-corrected chi connectivity index (χ2v) is 11.5. The Morgan fingerprint density at radius 3 is 2.50 bits per heavy atom. The summed E-state index contributed by atoms with van der Waals surface area (Å²) in [6.45, 7) is -0.156. The highest BCUT2D eigenvalue weighted by molar-refractivity contribution is 7.89. The first-order valence-corrected chi connectivity index (χ1v) is 14.3. The zero-order valence-corrected chi connectivity index (χ0v) is 22.8. The van der Waals surface area contributed by atoms with Crippen LogP contribution in [0.25, 0.3) is 0 Å². The molecule has 1 aliphatic heterocycles. The highest BCUT2D eigenvalue weighted by Gasteiger charge is 2.35. The van der Waals surface area contributed by atoms with Crippen molar-refractivity contribution in [3.63, 3.8) is 0 Å². The van der Waals surface area contributed by atoms with Crippen LogP contribution in [0.4, 0.5) is 18.9 Å². The molecule has 6 rings (SSSR count). The van der Waals surface area contributed by atoms with Gasteiger partial charge in [-0.25, -0.2) is 13.1 Å². The Kier molecular flexibility index (Phi) is 7.21. The Morgan fingerprint density at radius 1 is 0.905 bits per heavy atom. The summed E-state index contributed by atoms with van der Waals surface area (Å²) < 4.78 is 82.9. The van der Waals surface area contributed by atoms with Crippen LogP contribution in [-0.4, -0.2) is 27.7 Å². The molecule has 0 bridgehead atoms. The van der Waals surface area contributed by atoms with Gasteiger partial charge >= 0.3 is 6.18 Å². The molecule has 2 aromatic heterocycles. The number of rotatable bonds is 7. The zero-order valence-electron chi connectivity index (χ0n) is 22.0. The first kappa shape index (κ1) is 27.5. The number of para-hydroxylation sites is 1. The van der Waals surface area contributed by atoms with Gasteiger partial charge < -0.3 is 14.5 Å². The molecule has 0 saturated carbocycles. The summed E-state index contributed by atoms with van der Waals surface area (Å²) in [5.41, 5.74) is 0.473. The first-order chi connectivity index (χ1) is 20.2. The van der Waals surface area contributed by atoms with Crippen molar-refractivity contribution in [2.45, 2.75) is 37.3 Å². The SMILES string of the molecule is O=S1(=O)c2c(NCc3ccco3)cccc2Oc2ccccc2CN1Cc1cn(Cc2ccccc2C(F)(F)F)nn1. The number of halogens is 3. The van der Waals surface area contributed by atoms with Crippen LogP contribution >= 0.6 is 0 Å². The zero-order chi connectivity index (χ0) is 29.3. The Labute approximate surface area is 239 Å². The minimum Gasteiger partial charge on any atom is -0.467 e. The maximum absolute atomic E-state index is 14.2. The van der Waals surface area contributed by atoms with E-state index in [1.807, 2.05) is 0 Å². The van der Waals surface area contributed by atoms with E-state index in [9.17, 15) is 21.6 Å². The number of sulfonamides is 1. The summed E-state index contributed by atoms with van der Waals surface area (Å²) in [6, 6.07) is 20.7. The van der Waals surface area contributed by atoms with Crippen LogP contribution in [0.5, 0.6) is 11.5 Å². The van der Waals surface area contributed by atoms with Gasteiger partial charge in [0.1, 0.15) is 22.2 Å². The van der Waals surface area contributed by atoms with E-state index in [-0.39, 0.29) is 48.1 Å². The molecule has 0 radical (unpaired) electrons. The monoisotopic (exact) mass is 595 g/mol. The number of nitrogens with zero attached hydrogens (tertiary/aromatic N) is 4. The molecule has 1 N–H and O–H groups in total. The third-order valence-electron chi connectivity index (χ3n) is 6.73. The number of hydrogen-bond acceptors (Lipinski definition) is 7. The molecule has 0 unspecified atom stereocenters. The number of benzene rings is 3. The molecule has 13 heteroatoms. The van der Waals surface area contributed by atoms with E-state index < -0.39 is 21.8 Å². The average molecular weight is 596 g/mol. The summed E-state index contributed by atoms with van der Waals surface area (Å²) in [6.07, 6.45) is -1.55. The normalized spacial score (nSPS) is 14.7. The lowest BCUT2D eigenvalue weighted by Gasteiger charge is -2.28. The lowest BCUT2D eigenvalue weighted by molar-refractivity contribution is -0.138. The number of ether oxygens (including phenoxy) is 1. The van der Waals surface area contributed by atoms with Gasteiger partial charge in [-0.05, 0) is 42.0 Å². The summed E-state index contributed by atoms with van der Waals surface area (Å²) >= 11 is 0. The molecule has 42 heavy (non-hydrogen) atoms. The number of alkyl halides is 3. The van der Waals surface area contributed by atoms with Gasteiger partial charge in [0.05, 0.1) is 49.0 Å². The van der Waals surface area contributed by atoms with Crippen LogP contribution in [0, 0.1) is 0 Å². The van der Waals surface area contributed by atoms with Gasteiger partial charge in [-0.3, -0.25) is 0 Å². The maximum atomic E-state index is 14.2. The third-order valence-corrected chi connectivity index (χ3v) is 8.60. The molecule has 0 fully saturated rings. The van der Waals surface area contributed by atoms with Crippen molar-refractivity contribution in [1.82, 2.24) is 19.3 Å². The summed E-state index contributed by atoms with van der Waals surface area (Å²) in [5.74, 6) is 1.25. The number of aromatic nitrogens is 3. The molecule has 0 saturated heterocycles. The van der Waals surface area contributed by atoms with Gasteiger partial charge in [0.25, 0.3) is 0 Å². The smallest absolute Gasteiger partial charge is 0.416 e. The minimum absolute atomic E-state index is 0.0209. The molecule has 5 aromatic rings. The number of anilines is 1. The molecule has 0 aliphatic carbocycles. The fraction of sp³-hybridized carbons (Fsp3) is 0.172. The maximum Gasteiger partial charge on any atom is 0.416 e. The predicted molar refractivity (Wildman–Crippen MR) is 146 cm³/mol. The Morgan fingerprint density at radius 2 is 1.69 bits per heavy atom. The third kappa shape index (κ3) is 5.60. The highest BCUT2D eigenvalue weighted by Crippen LogP contribution is 2.41. The van der Waals surface area contributed by atoms with Crippen molar-refractivity contribution < 1.29 is 30.7 Å². The first-order valence-electron chi connectivity index (χ1n) is 12.9. The van der Waals surface area contributed by atoms with E-state index in [1.165, 1.54) is 39.6 Å². The van der Waals surface area contributed by atoms with Gasteiger partial charge in [-0.1, -0.05) is 47.7 Å². The molecule has 0 amide bonds. The fourth-order valence-corrected chi connectivity index (χ4v) is 6.42. The molecule has 9 nitrogen and oxygen atoms in total. The van der Waals surface area contributed by atoms with E-state index in [0.29, 0.717) is 22.8 Å². The van der Waals surface area contributed by atoms with E-state index in [4.69, 9.17) is 9.15 Å². The second kappa shape index (κ2) is 11.0. The summed E-state index contributed by atoms with van der Waals surface area (Å²) in [7, 11) is -4.19. The van der Waals surface area contributed by atoms with Crippen molar-refractivity contribution in [2.75, 3.05) is 5.32 Å². The summed E-state index contributed by atoms with van der Waals surface area (Å²) in [4.78, 5) is -0.0578. The predicted octanol–water partition coefficient (Wildman–Crippen LogP) is 6.05. The van der Waals surface area contributed by atoms with Crippen LogP contribution < -0.4 is 10.1 Å². The molecular formula is C29H24F3N5O4S. The van der Waals surface area contributed by atoms with Crippen LogP contribution in [-0.2, 0) is 42.4 Å². The van der Waals surface area contributed by atoms with E-state index in [2.05, 4.69) is 15.6 Å². The molecular weight excluding hydrogens is 571 g/mol. The van der Waals surface area contributed by atoms with Gasteiger partial charge in [-0.2, -0.15) is 17.5 Å². The van der Waals surface area contributed by atoms with Crippen molar-refractivity contribution >= 4 is 15.7 Å². The molecule has 0 spiro atoms. The van der Waals surface area contributed by atoms with Crippen molar-refractivity contribution in [3.05, 3.63) is 119 Å². The minimum atomic E-state index is -4.52. The fourth-order valence-electron chi connectivity index (χ4n) is 4.77. The average Bonchev–Trinajstić information content (AvgIpc) is 3.64. The lowest BCUT2D eigenvalue weighted by atomic mass is 10.1. The lowest BCUT2D eigenvalue weighted by Crippen LogP contribution is -2.32. The number of fused-ring (bicyclic) bond motifs is 2. The Bertz CT molecular complexity index is 1820. The van der Waals surface area contributed by atoms with Gasteiger partial charge in [0, 0.05) is 12.1 Å². The summed E-state index contributed by atoms with van der Waals surface area (Å²) in [5, 5.41) is 11.2. The topological polar surface area (TPSA) is 102 Å². The van der Waals surface area contributed by atoms with E-state index >= 15 is 0 Å². The number of hydrogen-bond donors (Lipinski definition) is 1. The van der Waals surface area contributed by atoms with E-state index in [1.54, 1.807) is 54.6 Å². The van der Waals surface area contributed by atoms with Crippen LogP contribution in [0.2, 0.25) is 0 Å². The Balaban J connectivity index is 1.34. The number of nitrogens with one attached hydrogen (secondary N) is 1. The highest BCUT2D eigenvalue weighted by atomic mass is 32.2. The van der Waals surface area contributed by atoms with Gasteiger partial charge in [0.15, 0.2) is 0 Å². The van der Waals surface area contributed by atoms with Gasteiger partial charge in [0.2, 0.25) is 10.0 Å². The van der Waals surface area contributed by atoms with Gasteiger partial charge in [-0.15, -0.1) is 5.10 Å². The molecule has 3 heterocycles. The van der Waals surface area contributed by atoms with Crippen molar-refractivity contribution in [2.24, 2.45) is 0 Å². The van der Waals surface area contributed by atoms with Crippen molar-refractivity contribution in [1.29, 1.82) is 0 Å². The van der Waals surface area contributed by atoms with Crippen LogP contribution in [0.1, 0.15) is 28.1 Å². The van der Waals surface area contributed by atoms with Crippen LogP contribution in [0.15, 0.2) is 101 Å². The molecule has 0 atom stereocenters. The standard InChI is InChI=1S/C29H24F3N5O4S/c30-29(31,32)24-10-3-1-7-20(24)16-36-18-22(34-35-36)19-37-17-21-8-2-4-12-26(21)41-27-13-5-11-25(28(27)42(37,38)39)33-15-23-9-6-14-40-23/h1-14,18,33H,15-17,19H2. The molecule has 216 valence electrons.